The molecule has 6 amide bonds. The Bertz CT molecular complexity index is 2950. The van der Waals surface area contributed by atoms with Crippen molar-refractivity contribution in [3.8, 4) is 33.3 Å². The number of aliphatic hydroxyl groups excluding tert-OH is 1. The summed E-state index contributed by atoms with van der Waals surface area (Å²) in [5.41, 5.74) is 10.9. The second kappa shape index (κ2) is 27.1. The van der Waals surface area contributed by atoms with E-state index >= 15 is 4.39 Å². The van der Waals surface area contributed by atoms with Crippen molar-refractivity contribution in [2.75, 3.05) is 26.2 Å². The number of imidazole rings is 1. The van der Waals surface area contributed by atoms with E-state index in [1.807, 2.05) is 56.5 Å². The number of nitrogens with two attached hydrogens (primary N) is 1. The van der Waals surface area contributed by atoms with E-state index in [1.165, 1.54) is 34.2 Å². The third kappa shape index (κ3) is 17.0. The minimum atomic E-state index is -4.85. The fraction of sp³-hybridized carbons (Fsp3) is 0.482. The van der Waals surface area contributed by atoms with E-state index in [4.69, 9.17) is 10.5 Å². The van der Waals surface area contributed by atoms with Crippen LogP contribution in [0.5, 0.6) is 11.6 Å². The van der Waals surface area contributed by atoms with Gasteiger partial charge < -0.3 is 50.6 Å². The van der Waals surface area contributed by atoms with Gasteiger partial charge in [-0.2, -0.15) is 0 Å². The number of primary amides is 1. The number of piperidine rings is 1. The Morgan fingerprint density at radius 2 is 1.59 bits per heavy atom. The molecule has 5 aromatic rings. The summed E-state index contributed by atoms with van der Waals surface area (Å²) >= 11 is 1.56. The number of pyridine rings is 1. The first-order valence-electron chi connectivity index (χ1n) is 26.6. The topological polar surface area (TPSA) is 253 Å². The highest BCUT2D eigenvalue weighted by Gasteiger charge is 2.44. The first kappa shape index (κ1) is 60.2. The summed E-state index contributed by atoms with van der Waals surface area (Å²) in [5, 5.41) is 19.3. The van der Waals surface area contributed by atoms with Crippen molar-refractivity contribution in [3.63, 3.8) is 0 Å². The molecule has 2 aliphatic rings. The molecule has 19 nitrogen and oxygen atoms in total. The van der Waals surface area contributed by atoms with Crippen LogP contribution in [0.25, 0.3) is 21.7 Å². The molecule has 3 aromatic heterocycles. The maximum Gasteiger partial charge on any atom is 0.573 e. The molecule has 5 atom stereocenters. The lowest BCUT2D eigenvalue weighted by Gasteiger charge is -2.35. The summed E-state index contributed by atoms with van der Waals surface area (Å²) in [7, 11) is 0. The van der Waals surface area contributed by atoms with Crippen molar-refractivity contribution in [2.24, 2.45) is 11.1 Å². The lowest BCUT2D eigenvalue weighted by molar-refractivity contribution is -0.274. The minimum absolute atomic E-state index is 0.0298. The van der Waals surface area contributed by atoms with Gasteiger partial charge in [0.2, 0.25) is 35.4 Å². The Morgan fingerprint density at radius 3 is 2.25 bits per heavy atom. The van der Waals surface area contributed by atoms with Crippen LogP contribution in [-0.4, -0.2) is 133 Å². The van der Waals surface area contributed by atoms with Gasteiger partial charge in [0.05, 0.1) is 47.2 Å². The molecule has 0 unspecified atom stereocenters. The molecule has 7 rings (SSSR count). The zero-order valence-electron chi connectivity index (χ0n) is 45.1. The molecule has 2 aliphatic heterocycles. The number of β-amino-alcohol motifs (C(OH)–C–C–N with tert-alkyl or cyclic N) is 1. The van der Waals surface area contributed by atoms with Crippen molar-refractivity contribution in [1.29, 1.82) is 0 Å². The average molecular weight is 1130 g/mol. The third-order valence-corrected chi connectivity index (χ3v) is 14.8. The van der Waals surface area contributed by atoms with Crippen molar-refractivity contribution in [1.82, 2.24) is 45.3 Å². The molecule has 80 heavy (non-hydrogen) atoms. The fourth-order valence-electron chi connectivity index (χ4n) is 9.47. The highest BCUT2D eigenvalue weighted by atomic mass is 32.1. The Balaban J connectivity index is 0.771. The van der Waals surface area contributed by atoms with Crippen LogP contribution in [0.2, 0.25) is 0 Å². The van der Waals surface area contributed by atoms with Gasteiger partial charge in [-0.3, -0.25) is 28.8 Å². The molecule has 6 N–H and O–H groups in total. The molecule has 2 saturated heterocycles. The number of aromatic nitrogens is 4. The van der Waals surface area contributed by atoms with E-state index in [1.54, 1.807) is 29.4 Å². The number of thiazole rings is 1. The van der Waals surface area contributed by atoms with Crippen molar-refractivity contribution >= 4 is 46.8 Å². The number of nitrogens with one attached hydrogen (secondary N) is 3. The monoisotopic (exact) mass is 1130 g/mol. The van der Waals surface area contributed by atoms with Crippen LogP contribution in [0.4, 0.5) is 17.6 Å². The Hall–Kier alpha value is -7.47. The number of carbonyl (C=O) groups excluding carboxylic acids is 6. The lowest BCUT2D eigenvalue weighted by Crippen LogP contribution is -2.57. The number of carbonyl (C=O) groups is 6. The second-order valence-electron chi connectivity index (χ2n) is 21.2. The Kier molecular flexibility index (Phi) is 20.4. The number of unbranched alkanes of at least 4 members (excludes halogenated alkanes) is 3. The van der Waals surface area contributed by atoms with Gasteiger partial charge in [0, 0.05) is 76.4 Å². The third-order valence-electron chi connectivity index (χ3n) is 13.8. The minimum Gasteiger partial charge on any atom is -0.471 e. The number of hydrogen-bond donors (Lipinski definition) is 5. The maximum atomic E-state index is 15.4. The molecule has 430 valence electrons. The summed E-state index contributed by atoms with van der Waals surface area (Å²) in [6.07, 6.45) is -0.151. The van der Waals surface area contributed by atoms with E-state index in [0.717, 1.165) is 33.8 Å². The number of amides is 6. The summed E-state index contributed by atoms with van der Waals surface area (Å²) in [6, 6.07) is 12.3. The standard InChI is InChI=1S/C56H68F4N10O9S/c1-34-49(80-33-66-34)37-16-12-36(13-17-37)27-63-52(76)44-26-39(71)29-70(44)54(77)50(55(2,3)4)67-47(73)11-7-5-6-10-46(72)62-21-8-9-22-68-31-43(65-32-68)38-25-41(51(61)75)53(64-28-38)78-45-20-23-69(30-42(45)57)48(74)24-35-14-18-40(19-15-35)79-56(58,59)60/h12-19,25,28,31-33,39,42,44-45,50,71H,5-11,20-24,26-27,29-30H2,1-4H3,(H2,61,75)(H,62,72)(H,63,76)(H,67,73)/t39-,42-,44+,45-,50-/m1/s1. The SMILES string of the molecule is Cc1ncsc1-c1ccc(CNC(=O)[C@@H]2C[C@@H](O)CN2C(=O)[C@@H](NC(=O)CCCCCC(=O)NCCCCn2cnc(-c3cnc(O[C@@H]4CCN(C(=O)Cc5ccc(OC(F)(F)F)cc5)C[C@H]4F)c(C(N)=O)c3)c2)C(C)(C)C)cc1. The summed E-state index contributed by atoms with van der Waals surface area (Å²) < 4.78 is 64.4. The van der Waals surface area contributed by atoms with E-state index in [-0.39, 0.29) is 87.4 Å². The summed E-state index contributed by atoms with van der Waals surface area (Å²) in [6.45, 7) is 8.50. The normalized spacial score (nSPS) is 17.9. The number of aliphatic hydroxyl groups is 1. The van der Waals surface area contributed by atoms with Crippen molar-refractivity contribution < 1.29 is 60.9 Å². The average Bonchev–Trinajstić information content (AvgIpc) is 4.20. The number of nitrogens with zero attached hydrogens (tertiary/aromatic N) is 6. The number of hydrogen-bond acceptors (Lipinski definition) is 13. The van der Waals surface area contributed by atoms with E-state index in [9.17, 15) is 47.0 Å². The number of halogens is 4. The molecule has 0 radical (unpaired) electrons. The fourth-order valence-corrected chi connectivity index (χ4v) is 10.3. The van der Waals surface area contributed by atoms with Crippen LogP contribution in [0.15, 0.2) is 78.8 Å². The van der Waals surface area contributed by atoms with Crippen LogP contribution in [0.3, 0.4) is 0 Å². The first-order chi connectivity index (χ1) is 38.0. The Labute approximate surface area is 465 Å². The maximum absolute atomic E-state index is 15.4. The first-order valence-corrected chi connectivity index (χ1v) is 27.5. The van der Waals surface area contributed by atoms with Crippen LogP contribution in [0.1, 0.15) is 106 Å². The van der Waals surface area contributed by atoms with Gasteiger partial charge >= 0.3 is 6.36 Å². The van der Waals surface area contributed by atoms with Gasteiger partial charge in [-0.1, -0.05) is 63.6 Å². The number of benzene rings is 2. The van der Waals surface area contributed by atoms with Crippen LogP contribution >= 0.6 is 11.3 Å². The molecule has 0 aliphatic carbocycles. The molecule has 5 heterocycles. The molecule has 0 bridgehead atoms. The van der Waals surface area contributed by atoms with Crippen LogP contribution in [-0.2, 0) is 43.5 Å². The van der Waals surface area contributed by atoms with Gasteiger partial charge in [0.15, 0.2) is 6.17 Å². The Morgan fingerprint density at radius 1 is 0.875 bits per heavy atom. The van der Waals surface area contributed by atoms with Gasteiger partial charge in [-0.15, -0.1) is 24.5 Å². The smallest absolute Gasteiger partial charge is 0.471 e. The summed E-state index contributed by atoms with van der Waals surface area (Å²) in [5.74, 6) is -3.14. The zero-order chi connectivity index (χ0) is 57.7. The van der Waals surface area contributed by atoms with Gasteiger partial charge in [0.1, 0.15) is 29.5 Å². The number of ether oxygens (including phenoxy) is 2. The molecule has 2 aromatic carbocycles. The molecule has 0 saturated carbocycles. The van der Waals surface area contributed by atoms with Gasteiger partial charge in [-0.25, -0.2) is 19.3 Å². The van der Waals surface area contributed by atoms with Gasteiger partial charge in [0.25, 0.3) is 5.91 Å². The highest BCUT2D eigenvalue weighted by Crippen LogP contribution is 2.31. The lowest BCUT2D eigenvalue weighted by atomic mass is 9.85. The number of likely N-dealkylation sites (tertiary alicyclic amines) is 2. The molecule has 24 heteroatoms. The second-order valence-corrected chi connectivity index (χ2v) is 22.0. The van der Waals surface area contributed by atoms with Crippen LogP contribution < -0.4 is 31.2 Å². The van der Waals surface area contributed by atoms with E-state index in [0.29, 0.717) is 62.0 Å². The molecule has 0 spiro atoms. The number of rotatable bonds is 24. The molecular weight excluding hydrogens is 1060 g/mol. The number of alkyl halides is 4. The highest BCUT2D eigenvalue weighted by molar-refractivity contribution is 7.13. The van der Waals surface area contributed by atoms with E-state index in [2.05, 4.69) is 35.6 Å². The predicted octanol–water partition coefficient (Wildman–Crippen LogP) is 6.59. The largest absolute Gasteiger partial charge is 0.573 e. The van der Waals surface area contributed by atoms with Gasteiger partial charge in [-0.05, 0) is 72.9 Å². The molecular formula is C56H68F4N10O9S. The van der Waals surface area contributed by atoms with Crippen molar-refractivity contribution in [3.05, 3.63) is 101 Å². The summed E-state index contributed by atoms with van der Waals surface area (Å²) in [4.78, 5) is 95.5. The predicted molar refractivity (Wildman–Crippen MR) is 288 cm³/mol. The number of aryl methyl sites for hydroxylation is 2. The van der Waals surface area contributed by atoms with E-state index < -0.39 is 65.7 Å². The molecule has 2 fully saturated rings. The van der Waals surface area contributed by atoms with Crippen LogP contribution in [0, 0.1) is 12.3 Å². The quantitative estimate of drug-likeness (QED) is 0.0324. The van der Waals surface area contributed by atoms with Crippen molar-refractivity contribution in [2.45, 2.75) is 142 Å². The zero-order valence-corrected chi connectivity index (χ0v) is 45.9.